The van der Waals surface area contributed by atoms with Crippen LogP contribution in [0.25, 0.3) is 5.69 Å². The van der Waals surface area contributed by atoms with E-state index in [1.807, 2.05) is 30.7 Å². The number of nitrogens with one attached hydrogen (secondary N) is 2. The van der Waals surface area contributed by atoms with E-state index < -0.39 is 10.0 Å². The second kappa shape index (κ2) is 12.3. The summed E-state index contributed by atoms with van der Waals surface area (Å²) in [5.41, 5.74) is 4.21. The maximum absolute atomic E-state index is 11.8. The van der Waals surface area contributed by atoms with Crippen LogP contribution in [-0.2, 0) is 16.6 Å². The van der Waals surface area contributed by atoms with Crippen molar-refractivity contribution in [3.8, 4) is 5.69 Å². The Kier molecular flexibility index (Phi) is 10.8. The number of halogens is 1. The van der Waals surface area contributed by atoms with E-state index in [1.165, 1.54) is 4.31 Å². The number of nitrogens with zero attached hydrogens (tertiary/aromatic N) is 4. The van der Waals surface area contributed by atoms with Crippen molar-refractivity contribution < 1.29 is 8.42 Å². The fourth-order valence-electron chi connectivity index (χ4n) is 3.01. The van der Waals surface area contributed by atoms with Crippen molar-refractivity contribution in [1.82, 2.24) is 24.7 Å². The number of sulfonamides is 1. The molecule has 0 saturated heterocycles. The first-order valence-corrected chi connectivity index (χ1v) is 11.4. The van der Waals surface area contributed by atoms with Gasteiger partial charge in [0.15, 0.2) is 5.96 Å². The van der Waals surface area contributed by atoms with Crippen LogP contribution in [0.2, 0.25) is 0 Å². The topological polar surface area (TPSA) is 91.6 Å². The van der Waals surface area contributed by atoms with Crippen molar-refractivity contribution in [3.05, 3.63) is 47.3 Å². The predicted molar refractivity (Wildman–Crippen MR) is 133 cm³/mol. The van der Waals surface area contributed by atoms with Gasteiger partial charge in [-0.05, 0) is 44.9 Å². The number of aryl methyl sites for hydroxylation is 2. The van der Waals surface area contributed by atoms with Gasteiger partial charge in [-0.15, -0.1) is 24.0 Å². The smallest absolute Gasteiger partial charge is 0.213 e. The summed E-state index contributed by atoms with van der Waals surface area (Å²) in [6.45, 7) is 7.38. The molecule has 0 aliphatic carbocycles. The molecular formula is C20H33IN6O2S. The highest BCUT2D eigenvalue weighted by atomic mass is 127. The molecule has 0 aliphatic rings. The zero-order valence-electron chi connectivity index (χ0n) is 18.3. The molecule has 0 saturated carbocycles. The minimum absolute atomic E-state index is 0. The van der Waals surface area contributed by atoms with Gasteiger partial charge in [0.1, 0.15) is 0 Å². The quantitative estimate of drug-likeness (QED) is 0.218. The van der Waals surface area contributed by atoms with Crippen LogP contribution in [0.5, 0.6) is 0 Å². The van der Waals surface area contributed by atoms with E-state index in [4.69, 9.17) is 0 Å². The third-order valence-corrected chi connectivity index (χ3v) is 6.54. The molecule has 0 amide bonds. The molecule has 2 aromatic rings. The van der Waals surface area contributed by atoms with Crippen molar-refractivity contribution in [1.29, 1.82) is 0 Å². The molecule has 0 fully saturated rings. The van der Waals surface area contributed by atoms with Crippen LogP contribution in [0.3, 0.4) is 0 Å². The molecule has 2 rings (SSSR count). The van der Waals surface area contributed by atoms with Gasteiger partial charge in [0.25, 0.3) is 0 Å². The molecule has 0 radical (unpaired) electrons. The molecule has 0 atom stereocenters. The standard InChI is InChI=1S/C20H32N6O2S.HI/c1-6-29(27,28)25(5)13-9-12-22-20(21-4)23-15-18-10-7-8-11-19(18)26-17(3)14-16(2)24-26;/h7-8,10-11,14H,6,9,12-13,15H2,1-5H3,(H2,21,22,23);1H. The zero-order valence-corrected chi connectivity index (χ0v) is 21.5. The molecule has 8 nitrogen and oxygen atoms in total. The highest BCUT2D eigenvalue weighted by Gasteiger charge is 2.14. The predicted octanol–water partition coefficient (Wildman–Crippen LogP) is 2.44. The highest BCUT2D eigenvalue weighted by Crippen LogP contribution is 2.16. The number of aliphatic imine (C=N–C) groups is 1. The van der Waals surface area contributed by atoms with Crippen molar-refractivity contribution in [2.45, 2.75) is 33.7 Å². The van der Waals surface area contributed by atoms with Gasteiger partial charge >= 0.3 is 0 Å². The molecular weight excluding hydrogens is 515 g/mol. The summed E-state index contributed by atoms with van der Waals surface area (Å²) in [6.07, 6.45) is 0.693. The van der Waals surface area contributed by atoms with E-state index in [0.29, 0.717) is 32.0 Å². The lowest BCUT2D eigenvalue weighted by Crippen LogP contribution is -2.39. The Labute approximate surface area is 197 Å². The second-order valence-electron chi connectivity index (χ2n) is 6.90. The Morgan fingerprint density at radius 1 is 1.23 bits per heavy atom. The molecule has 1 aromatic heterocycles. The molecule has 1 aromatic carbocycles. The number of guanidine groups is 1. The maximum Gasteiger partial charge on any atom is 0.213 e. The lowest BCUT2D eigenvalue weighted by atomic mass is 10.1. The van der Waals surface area contributed by atoms with Crippen molar-refractivity contribution in [3.63, 3.8) is 0 Å². The highest BCUT2D eigenvalue weighted by molar-refractivity contribution is 14.0. The summed E-state index contributed by atoms with van der Waals surface area (Å²) in [5.74, 6) is 0.795. The van der Waals surface area contributed by atoms with Crippen LogP contribution >= 0.6 is 24.0 Å². The lowest BCUT2D eigenvalue weighted by molar-refractivity contribution is 0.461. The molecule has 0 spiro atoms. The van der Waals surface area contributed by atoms with Crippen LogP contribution < -0.4 is 10.6 Å². The summed E-state index contributed by atoms with van der Waals surface area (Å²) < 4.78 is 26.9. The summed E-state index contributed by atoms with van der Waals surface area (Å²) in [4.78, 5) is 4.25. The minimum Gasteiger partial charge on any atom is -0.356 e. The van der Waals surface area contributed by atoms with Crippen LogP contribution in [0.4, 0.5) is 0 Å². The van der Waals surface area contributed by atoms with Gasteiger partial charge in [0.05, 0.1) is 17.1 Å². The van der Waals surface area contributed by atoms with E-state index in [-0.39, 0.29) is 29.7 Å². The van der Waals surface area contributed by atoms with Crippen molar-refractivity contribution in [2.75, 3.05) is 32.9 Å². The van der Waals surface area contributed by atoms with Crippen molar-refractivity contribution in [2.24, 2.45) is 4.99 Å². The van der Waals surface area contributed by atoms with Crippen molar-refractivity contribution >= 4 is 40.0 Å². The fourth-order valence-corrected chi connectivity index (χ4v) is 3.86. The molecule has 0 unspecified atom stereocenters. The first kappa shape index (κ1) is 26.4. The van der Waals surface area contributed by atoms with Crippen LogP contribution in [0.1, 0.15) is 30.3 Å². The first-order chi connectivity index (χ1) is 13.8. The Morgan fingerprint density at radius 2 is 1.93 bits per heavy atom. The Morgan fingerprint density at radius 3 is 2.53 bits per heavy atom. The van der Waals surface area contributed by atoms with Crippen LogP contribution in [0.15, 0.2) is 35.3 Å². The Balaban J connectivity index is 0.00000450. The monoisotopic (exact) mass is 548 g/mol. The SMILES string of the molecule is CCS(=O)(=O)N(C)CCCNC(=NC)NCc1ccccc1-n1nc(C)cc1C.I. The number of para-hydroxylation sites is 1. The van der Waals surface area contributed by atoms with E-state index in [9.17, 15) is 8.42 Å². The average Bonchev–Trinajstić information content (AvgIpc) is 3.05. The van der Waals surface area contributed by atoms with E-state index in [2.05, 4.69) is 38.9 Å². The molecule has 2 N–H and O–H groups in total. The van der Waals surface area contributed by atoms with Gasteiger partial charge in [-0.3, -0.25) is 4.99 Å². The number of rotatable bonds is 9. The van der Waals surface area contributed by atoms with Gasteiger partial charge in [0.2, 0.25) is 10.0 Å². The molecule has 1 heterocycles. The molecule has 0 bridgehead atoms. The van der Waals surface area contributed by atoms with Gasteiger partial charge in [-0.1, -0.05) is 18.2 Å². The number of hydrogen-bond donors (Lipinski definition) is 2. The van der Waals surface area contributed by atoms with Crippen LogP contribution in [0, 0.1) is 13.8 Å². The summed E-state index contributed by atoms with van der Waals surface area (Å²) >= 11 is 0. The lowest BCUT2D eigenvalue weighted by Gasteiger charge is -2.17. The molecule has 30 heavy (non-hydrogen) atoms. The number of aromatic nitrogens is 2. The Bertz CT molecular complexity index is 943. The summed E-state index contributed by atoms with van der Waals surface area (Å²) in [7, 11) is 0.199. The largest absolute Gasteiger partial charge is 0.356 e. The summed E-state index contributed by atoms with van der Waals surface area (Å²) in [5, 5.41) is 11.1. The first-order valence-electron chi connectivity index (χ1n) is 9.78. The van der Waals surface area contributed by atoms with Gasteiger partial charge in [0, 0.05) is 39.4 Å². The maximum atomic E-state index is 11.8. The number of hydrogen-bond acceptors (Lipinski definition) is 4. The Hall–Kier alpha value is -1.66. The number of benzene rings is 1. The molecule has 168 valence electrons. The van der Waals surface area contributed by atoms with Gasteiger partial charge < -0.3 is 10.6 Å². The van der Waals surface area contributed by atoms with E-state index in [0.717, 1.165) is 22.6 Å². The molecule has 0 aliphatic heterocycles. The van der Waals surface area contributed by atoms with Gasteiger partial charge in [-0.25, -0.2) is 17.4 Å². The third-order valence-electron chi connectivity index (χ3n) is 4.68. The van der Waals surface area contributed by atoms with Crippen LogP contribution in [-0.4, -0.2) is 61.4 Å². The third kappa shape index (κ3) is 7.24. The normalized spacial score (nSPS) is 12.0. The summed E-state index contributed by atoms with van der Waals surface area (Å²) in [6, 6.07) is 10.2. The van der Waals surface area contributed by atoms with E-state index in [1.54, 1.807) is 21.0 Å². The second-order valence-corrected chi connectivity index (χ2v) is 9.26. The molecule has 10 heteroatoms. The van der Waals surface area contributed by atoms with Gasteiger partial charge in [-0.2, -0.15) is 5.10 Å². The minimum atomic E-state index is -3.13. The zero-order chi connectivity index (χ0) is 21.4. The average molecular weight is 548 g/mol. The van der Waals surface area contributed by atoms with E-state index >= 15 is 0 Å². The fraction of sp³-hybridized carbons (Fsp3) is 0.500.